The summed E-state index contributed by atoms with van der Waals surface area (Å²) < 4.78 is 2.28. The van der Waals surface area contributed by atoms with Crippen LogP contribution in [0.25, 0.3) is 11.0 Å². The van der Waals surface area contributed by atoms with Crippen molar-refractivity contribution in [1.29, 1.82) is 0 Å². The number of hydrogen-bond donors (Lipinski definition) is 2. The van der Waals surface area contributed by atoms with E-state index < -0.39 is 11.2 Å². The van der Waals surface area contributed by atoms with Crippen LogP contribution in [0.4, 0.5) is 0 Å². The van der Waals surface area contributed by atoms with Crippen molar-refractivity contribution in [3.63, 3.8) is 0 Å². The maximum absolute atomic E-state index is 12.1. The van der Waals surface area contributed by atoms with Crippen LogP contribution in [0.15, 0.2) is 21.9 Å². The van der Waals surface area contributed by atoms with Crippen LogP contribution in [0.5, 0.6) is 0 Å². The number of pyridine rings is 1. The van der Waals surface area contributed by atoms with Crippen molar-refractivity contribution < 1.29 is 4.79 Å². The molecule has 2 heterocycles. The van der Waals surface area contributed by atoms with Crippen LogP contribution in [0.2, 0.25) is 0 Å². The first-order valence-electron chi connectivity index (χ1n) is 7.02. The number of amides is 1. The molecule has 0 aliphatic heterocycles. The van der Waals surface area contributed by atoms with Crippen LogP contribution >= 0.6 is 0 Å². The van der Waals surface area contributed by atoms with Crippen molar-refractivity contribution in [1.82, 2.24) is 24.8 Å². The molecule has 0 bridgehead atoms. The summed E-state index contributed by atoms with van der Waals surface area (Å²) in [6, 6.07) is 1.46. The minimum absolute atomic E-state index is 0.240. The first-order valence-corrected chi connectivity index (χ1v) is 7.02. The van der Waals surface area contributed by atoms with Gasteiger partial charge in [0, 0.05) is 33.4 Å². The third-order valence-corrected chi connectivity index (χ3v) is 3.39. The van der Waals surface area contributed by atoms with E-state index in [0.29, 0.717) is 18.7 Å². The number of nitrogens with one attached hydrogen (secondary N) is 2. The topological polar surface area (TPSA) is 98.0 Å². The number of likely N-dealkylation sites (N-methyl/N-ethyl adjacent to an activating group) is 1. The number of hydrogen-bond acceptors (Lipinski definition) is 5. The quantitative estimate of drug-likeness (QED) is 0.689. The third kappa shape index (κ3) is 2.91. The molecule has 8 heteroatoms. The van der Waals surface area contributed by atoms with Crippen molar-refractivity contribution in [3.8, 4) is 0 Å². The van der Waals surface area contributed by atoms with Crippen LogP contribution in [-0.4, -0.2) is 39.7 Å². The summed E-state index contributed by atoms with van der Waals surface area (Å²) in [7, 11) is 2.93. The largest absolute Gasteiger partial charge is 0.351 e. The Kier molecular flexibility index (Phi) is 4.71. The van der Waals surface area contributed by atoms with Crippen molar-refractivity contribution in [2.45, 2.75) is 6.92 Å². The van der Waals surface area contributed by atoms with Gasteiger partial charge < -0.3 is 10.6 Å². The number of carbonyl (C=O) groups excluding carboxylic acids is 1. The molecule has 0 saturated carbocycles. The molecule has 2 aromatic heterocycles. The molecule has 0 radical (unpaired) electrons. The van der Waals surface area contributed by atoms with Gasteiger partial charge in [0.15, 0.2) is 0 Å². The Morgan fingerprint density at radius 3 is 2.64 bits per heavy atom. The molecule has 2 N–H and O–H groups in total. The van der Waals surface area contributed by atoms with Gasteiger partial charge in [-0.25, -0.2) is 9.78 Å². The van der Waals surface area contributed by atoms with E-state index in [2.05, 4.69) is 15.6 Å². The number of aryl methyl sites for hydroxylation is 1. The van der Waals surface area contributed by atoms with Gasteiger partial charge in [-0.15, -0.1) is 0 Å². The van der Waals surface area contributed by atoms with E-state index in [1.165, 1.54) is 30.9 Å². The molecular weight excluding hydrogens is 286 g/mol. The average Bonchev–Trinajstić information content (AvgIpc) is 2.54. The summed E-state index contributed by atoms with van der Waals surface area (Å²) in [5.41, 5.74) is -0.363. The molecular formula is C14H19N5O3. The summed E-state index contributed by atoms with van der Waals surface area (Å²) in [5.74, 6) is -0.303. The summed E-state index contributed by atoms with van der Waals surface area (Å²) in [4.78, 5) is 40.1. The van der Waals surface area contributed by atoms with E-state index in [0.717, 1.165) is 11.1 Å². The van der Waals surface area contributed by atoms with Gasteiger partial charge in [0.1, 0.15) is 5.65 Å². The average molecular weight is 305 g/mol. The van der Waals surface area contributed by atoms with Crippen LogP contribution in [0.3, 0.4) is 0 Å². The third-order valence-electron chi connectivity index (χ3n) is 3.39. The Morgan fingerprint density at radius 2 is 1.95 bits per heavy atom. The molecule has 0 atom stereocenters. The van der Waals surface area contributed by atoms with Crippen molar-refractivity contribution in [3.05, 3.63) is 38.7 Å². The number of fused-ring (bicyclic) bond motifs is 1. The zero-order chi connectivity index (χ0) is 16.3. The van der Waals surface area contributed by atoms with E-state index in [9.17, 15) is 14.4 Å². The molecule has 118 valence electrons. The maximum atomic E-state index is 12.1. The summed E-state index contributed by atoms with van der Waals surface area (Å²) in [6.45, 7) is 3.96. The summed E-state index contributed by atoms with van der Waals surface area (Å²) in [5, 5.41) is 6.07. The lowest BCUT2D eigenvalue weighted by atomic mass is 10.2. The highest BCUT2D eigenvalue weighted by molar-refractivity contribution is 5.96. The molecule has 0 aromatic carbocycles. The Hall–Kier alpha value is -2.48. The number of nitrogens with zero attached hydrogens (tertiary/aromatic N) is 3. The fraction of sp³-hybridized carbons (Fsp3) is 0.429. The lowest BCUT2D eigenvalue weighted by Crippen LogP contribution is -2.37. The van der Waals surface area contributed by atoms with E-state index in [4.69, 9.17) is 0 Å². The molecule has 0 saturated heterocycles. The first-order chi connectivity index (χ1) is 10.5. The highest BCUT2D eigenvalue weighted by atomic mass is 16.2. The lowest BCUT2D eigenvalue weighted by molar-refractivity contribution is 0.0954. The van der Waals surface area contributed by atoms with Gasteiger partial charge in [0.2, 0.25) is 0 Å². The number of rotatable bonds is 5. The number of carbonyl (C=O) groups is 1. The fourth-order valence-corrected chi connectivity index (χ4v) is 2.13. The van der Waals surface area contributed by atoms with Gasteiger partial charge in [-0.2, -0.15) is 0 Å². The van der Waals surface area contributed by atoms with Crippen LogP contribution in [-0.2, 0) is 14.1 Å². The van der Waals surface area contributed by atoms with Crippen molar-refractivity contribution >= 4 is 16.9 Å². The summed E-state index contributed by atoms with van der Waals surface area (Å²) >= 11 is 0. The molecule has 1 amide bonds. The highest BCUT2D eigenvalue weighted by Crippen LogP contribution is 2.07. The maximum Gasteiger partial charge on any atom is 0.332 e. The number of aromatic nitrogens is 3. The van der Waals surface area contributed by atoms with Gasteiger partial charge in [-0.1, -0.05) is 6.92 Å². The predicted molar refractivity (Wildman–Crippen MR) is 83.1 cm³/mol. The van der Waals surface area contributed by atoms with Crippen LogP contribution < -0.4 is 21.9 Å². The molecule has 2 aromatic rings. The zero-order valence-electron chi connectivity index (χ0n) is 12.8. The molecule has 0 aliphatic carbocycles. The highest BCUT2D eigenvalue weighted by Gasteiger charge is 2.13. The Labute approximate surface area is 126 Å². The van der Waals surface area contributed by atoms with Gasteiger partial charge in [-0.05, 0) is 12.6 Å². The molecule has 0 unspecified atom stereocenters. The molecule has 8 nitrogen and oxygen atoms in total. The second-order valence-electron chi connectivity index (χ2n) is 4.91. The van der Waals surface area contributed by atoms with Gasteiger partial charge >= 0.3 is 5.69 Å². The zero-order valence-corrected chi connectivity index (χ0v) is 12.8. The standard InChI is InChI=1S/C14H19N5O3/c1-4-15-5-6-16-12(20)9-7-10-11(17-8-9)18(2)14(22)19(3)13(10)21/h7-8,15H,4-6H2,1-3H3,(H,16,20). The lowest BCUT2D eigenvalue weighted by Gasteiger charge is -2.08. The van der Waals surface area contributed by atoms with Gasteiger partial charge in [-0.3, -0.25) is 18.7 Å². The molecule has 0 fully saturated rings. The van der Waals surface area contributed by atoms with E-state index in [1.54, 1.807) is 0 Å². The van der Waals surface area contributed by atoms with Gasteiger partial charge in [0.25, 0.3) is 11.5 Å². The van der Waals surface area contributed by atoms with Crippen molar-refractivity contribution in [2.24, 2.45) is 14.1 Å². The Bertz CT molecular complexity index is 822. The minimum Gasteiger partial charge on any atom is -0.351 e. The first kappa shape index (κ1) is 15.9. The monoisotopic (exact) mass is 305 g/mol. The van der Waals surface area contributed by atoms with E-state index >= 15 is 0 Å². The minimum atomic E-state index is -0.465. The normalized spacial score (nSPS) is 10.9. The predicted octanol–water partition coefficient (Wildman–Crippen LogP) is -1.03. The second-order valence-corrected chi connectivity index (χ2v) is 4.91. The second kappa shape index (κ2) is 6.52. The molecule has 22 heavy (non-hydrogen) atoms. The Balaban J connectivity index is 2.37. The van der Waals surface area contributed by atoms with E-state index in [-0.39, 0.29) is 16.9 Å². The van der Waals surface area contributed by atoms with Crippen LogP contribution in [0.1, 0.15) is 17.3 Å². The van der Waals surface area contributed by atoms with Gasteiger partial charge in [0.05, 0.1) is 10.9 Å². The molecule has 0 spiro atoms. The molecule has 2 rings (SSSR count). The Morgan fingerprint density at radius 1 is 1.23 bits per heavy atom. The van der Waals surface area contributed by atoms with E-state index in [1.807, 2.05) is 6.92 Å². The molecule has 0 aliphatic rings. The van der Waals surface area contributed by atoms with Crippen molar-refractivity contribution in [2.75, 3.05) is 19.6 Å². The smallest absolute Gasteiger partial charge is 0.332 e. The van der Waals surface area contributed by atoms with Crippen LogP contribution in [0, 0.1) is 0 Å². The fourth-order valence-electron chi connectivity index (χ4n) is 2.13. The summed E-state index contributed by atoms with van der Waals surface area (Å²) in [6.07, 6.45) is 1.36. The SMILES string of the molecule is CCNCCNC(=O)c1cnc2c(c1)c(=O)n(C)c(=O)n2C.